The van der Waals surface area contributed by atoms with E-state index < -0.39 is 6.04 Å². The second kappa shape index (κ2) is 6.80. The molecule has 1 aliphatic heterocycles. The van der Waals surface area contributed by atoms with Gasteiger partial charge in [-0.2, -0.15) is 0 Å². The van der Waals surface area contributed by atoms with Crippen molar-refractivity contribution in [3.05, 3.63) is 33.8 Å². The van der Waals surface area contributed by atoms with Gasteiger partial charge in [0, 0.05) is 6.54 Å². The first kappa shape index (κ1) is 16.6. The maximum atomic E-state index is 12.0. The summed E-state index contributed by atoms with van der Waals surface area (Å²) in [4.78, 5) is 13.9. The fourth-order valence-electron chi connectivity index (χ4n) is 2.36. The average Bonchev–Trinajstić information content (AvgIpc) is 2.80. The fraction of sp³-hybridized carbons (Fsp3) is 0.462. The van der Waals surface area contributed by atoms with Gasteiger partial charge in [-0.05, 0) is 37.5 Å². The van der Waals surface area contributed by atoms with Crippen molar-refractivity contribution in [3.63, 3.8) is 0 Å². The molecule has 2 rings (SSSR count). The Morgan fingerprint density at radius 1 is 1.42 bits per heavy atom. The number of likely N-dealkylation sites (tertiary alicyclic amines) is 1. The topological polar surface area (TPSA) is 46.3 Å². The van der Waals surface area contributed by atoms with E-state index in [1.807, 2.05) is 17.0 Å². The van der Waals surface area contributed by atoms with Crippen molar-refractivity contribution in [2.75, 3.05) is 6.54 Å². The highest BCUT2D eigenvalue weighted by molar-refractivity contribution is 6.42. The maximum absolute atomic E-state index is 12.0. The van der Waals surface area contributed by atoms with Crippen LogP contribution in [0.5, 0.6) is 0 Å². The Balaban J connectivity index is 0.00000180. The first-order chi connectivity index (χ1) is 8.50. The van der Waals surface area contributed by atoms with Crippen LogP contribution in [-0.4, -0.2) is 23.4 Å². The molecule has 6 heteroatoms. The van der Waals surface area contributed by atoms with Gasteiger partial charge in [-0.15, -0.1) is 12.4 Å². The summed E-state index contributed by atoms with van der Waals surface area (Å²) >= 11 is 11.9. The van der Waals surface area contributed by atoms with Crippen LogP contribution in [0, 0.1) is 0 Å². The molecular weight excluding hydrogens is 307 g/mol. The molecule has 1 saturated heterocycles. The van der Waals surface area contributed by atoms with Crippen molar-refractivity contribution in [1.82, 2.24) is 4.90 Å². The molecule has 1 heterocycles. The molecule has 1 aromatic carbocycles. The van der Waals surface area contributed by atoms with Crippen molar-refractivity contribution in [2.45, 2.75) is 31.8 Å². The van der Waals surface area contributed by atoms with E-state index in [0.717, 1.165) is 24.9 Å². The number of carbonyl (C=O) groups excluding carboxylic acids is 1. The van der Waals surface area contributed by atoms with Crippen molar-refractivity contribution < 1.29 is 4.79 Å². The summed E-state index contributed by atoms with van der Waals surface area (Å²) < 4.78 is 0. The van der Waals surface area contributed by atoms with E-state index in [0.29, 0.717) is 10.0 Å². The zero-order valence-electron chi connectivity index (χ0n) is 10.6. The number of hydrogen-bond acceptors (Lipinski definition) is 2. The molecule has 106 valence electrons. The SMILES string of the molecule is C[C@@H](N)C(=O)N1CCCC1c1ccc(Cl)c(Cl)c1.Cl. The second-order valence-electron chi connectivity index (χ2n) is 4.65. The lowest BCUT2D eigenvalue weighted by Gasteiger charge is -2.26. The van der Waals surface area contributed by atoms with Crippen molar-refractivity contribution in [2.24, 2.45) is 5.73 Å². The minimum atomic E-state index is -0.464. The van der Waals surface area contributed by atoms with Crippen LogP contribution >= 0.6 is 35.6 Å². The highest BCUT2D eigenvalue weighted by Crippen LogP contribution is 2.35. The van der Waals surface area contributed by atoms with Gasteiger partial charge in [0.15, 0.2) is 0 Å². The molecule has 2 atom stereocenters. The zero-order chi connectivity index (χ0) is 13.3. The number of rotatable bonds is 2. The third kappa shape index (κ3) is 3.54. The van der Waals surface area contributed by atoms with E-state index in [4.69, 9.17) is 28.9 Å². The Morgan fingerprint density at radius 3 is 2.68 bits per heavy atom. The minimum absolute atomic E-state index is 0. The quantitative estimate of drug-likeness (QED) is 0.906. The van der Waals surface area contributed by atoms with Crippen LogP contribution < -0.4 is 5.73 Å². The molecule has 3 nitrogen and oxygen atoms in total. The normalized spacial score (nSPS) is 20.0. The van der Waals surface area contributed by atoms with Crippen LogP contribution in [0.25, 0.3) is 0 Å². The summed E-state index contributed by atoms with van der Waals surface area (Å²) in [5, 5.41) is 1.05. The van der Waals surface area contributed by atoms with E-state index in [1.54, 1.807) is 13.0 Å². The van der Waals surface area contributed by atoms with Gasteiger partial charge in [-0.3, -0.25) is 4.79 Å². The third-order valence-electron chi connectivity index (χ3n) is 3.25. The lowest BCUT2D eigenvalue weighted by Crippen LogP contribution is -2.41. The molecule has 1 aliphatic rings. The molecule has 0 radical (unpaired) electrons. The Bertz CT molecular complexity index is 465. The van der Waals surface area contributed by atoms with Gasteiger partial charge in [0.05, 0.1) is 22.1 Å². The van der Waals surface area contributed by atoms with Crippen molar-refractivity contribution in [1.29, 1.82) is 0 Å². The molecule has 0 aliphatic carbocycles. The largest absolute Gasteiger partial charge is 0.334 e. The third-order valence-corrected chi connectivity index (χ3v) is 3.99. The first-order valence-electron chi connectivity index (χ1n) is 6.01. The molecule has 0 spiro atoms. The van der Waals surface area contributed by atoms with Gasteiger partial charge in [0.25, 0.3) is 0 Å². The predicted molar refractivity (Wildman–Crippen MR) is 81.0 cm³/mol. The molecule has 0 saturated carbocycles. The molecule has 1 unspecified atom stereocenters. The molecule has 0 aromatic heterocycles. The monoisotopic (exact) mass is 322 g/mol. The predicted octanol–water partition coefficient (Wildman–Crippen LogP) is 3.43. The summed E-state index contributed by atoms with van der Waals surface area (Å²) in [6, 6.07) is 5.13. The number of carbonyl (C=O) groups is 1. The molecule has 1 fully saturated rings. The lowest BCUT2D eigenvalue weighted by molar-refractivity contribution is -0.133. The molecule has 1 amide bonds. The highest BCUT2D eigenvalue weighted by Gasteiger charge is 2.31. The van der Waals surface area contributed by atoms with Crippen LogP contribution in [0.1, 0.15) is 31.4 Å². The summed E-state index contributed by atoms with van der Waals surface area (Å²) in [6.07, 6.45) is 1.93. The number of nitrogens with zero attached hydrogens (tertiary/aromatic N) is 1. The lowest BCUT2D eigenvalue weighted by atomic mass is 10.0. The van der Waals surface area contributed by atoms with Gasteiger partial charge in [0.1, 0.15) is 0 Å². The second-order valence-corrected chi connectivity index (χ2v) is 5.47. The summed E-state index contributed by atoms with van der Waals surface area (Å²) in [6.45, 7) is 2.47. The summed E-state index contributed by atoms with van der Waals surface area (Å²) in [5.41, 5.74) is 6.70. The van der Waals surface area contributed by atoms with Gasteiger partial charge >= 0.3 is 0 Å². The van der Waals surface area contributed by atoms with Crippen LogP contribution in [0.2, 0.25) is 10.0 Å². The Labute approximate surface area is 129 Å². The number of amides is 1. The van der Waals surface area contributed by atoms with Crippen LogP contribution in [0.15, 0.2) is 18.2 Å². The summed E-state index contributed by atoms with van der Waals surface area (Å²) in [5.74, 6) is -0.0106. The summed E-state index contributed by atoms with van der Waals surface area (Å²) in [7, 11) is 0. The van der Waals surface area contributed by atoms with E-state index >= 15 is 0 Å². The van der Waals surface area contributed by atoms with Gasteiger partial charge in [0.2, 0.25) is 5.91 Å². The molecule has 19 heavy (non-hydrogen) atoms. The number of halogens is 3. The van der Waals surface area contributed by atoms with Crippen LogP contribution in [0.4, 0.5) is 0 Å². The number of benzene rings is 1. The Morgan fingerprint density at radius 2 is 2.11 bits per heavy atom. The smallest absolute Gasteiger partial charge is 0.239 e. The van der Waals surface area contributed by atoms with Gasteiger partial charge < -0.3 is 10.6 Å². The maximum Gasteiger partial charge on any atom is 0.239 e. The molecule has 1 aromatic rings. The Kier molecular flexibility index (Phi) is 5.93. The van der Waals surface area contributed by atoms with E-state index in [2.05, 4.69) is 0 Å². The number of nitrogens with two attached hydrogens (primary N) is 1. The molecular formula is C13H17Cl3N2O. The number of hydrogen-bond donors (Lipinski definition) is 1. The van der Waals surface area contributed by atoms with Crippen molar-refractivity contribution >= 4 is 41.5 Å². The van der Waals surface area contributed by atoms with Crippen LogP contribution in [0.3, 0.4) is 0 Å². The van der Waals surface area contributed by atoms with Gasteiger partial charge in [-0.25, -0.2) is 0 Å². The molecule has 0 bridgehead atoms. The molecule has 2 N–H and O–H groups in total. The van der Waals surface area contributed by atoms with E-state index in [9.17, 15) is 4.79 Å². The van der Waals surface area contributed by atoms with E-state index in [-0.39, 0.29) is 24.4 Å². The average molecular weight is 324 g/mol. The van der Waals surface area contributed by atoms with Crippen LogP contribution in [-0.2, 0) is 4.79 Å². The van der Waals surface area contributed by atoms with E-state index in [1.165, 1.54) is 0 Å². The van der Waals surface area contributed by atoms with Gasteiger partial charge in [-0.1, -0.05) is 29.3 Å². The standard InChI is InChI=1S/C13H16Cl2N2O.ClH/c1-8(16)13(18)17-6-2-3-12(17)9-4-5-10(14)11(15)7-9;/h4-5,7-8,12H,2-3,6,16H2,1H3;1H/t8-,12?;/m1./s1. The minimum Gasteiger partial charge on any atom is -0.334 e. The van der Waals surface area contributed by atoms with Crippen molar-refractivity contribution in [3.8, 4) is 0 Å². The Hall–Kier alpha value is -0.480. The zero-order valence-corrected chi connectivity index (χ0v) is 12.9. The highest BCUT2D eigenvalue weighted by atomic mass is 35.5. The first-order valence-corrected chi connectivity index (χ1v) is 6.77. The fourth-order valence-corrected chi connectivity index (χ4v) is 2.66.